The van der Waals surface area contributed by atoms with Gasteiger partial charge in [0.15, 0.2) is 11.5 Å². The van der Waals surface area contributed by atoms with E-state index in [4.69, 9.17) is 25.3 Å². The SMILES string of the molecule is CC(C)OC(=O)[C@H](C)N[P@@](=O)(Oc1ccccc1)OC1[C@H]2[C@H](C)[C@@H](n3cnc4c(N)nc(N)nc43)[C@](C)(O)[C@@]12O. The zero-order valence-electron chi connectivity index (χ0n) is 22.8. The summed E-state index contributed by atoms with van der Waals surface area (Å²) in [5.74, 6) is -1.48. The molecule has 14 nitrogen and oxygen atoms in total. The number of rotatable bonds is 9. The molecule has 0 radical (unpaired) electrons. The lowest BCUT2D eigenvalue weighted by Crippen LogP contribution is -2.49. The number of anilines is 2. The number of fused-ring (bicyclic) bond motifs is 2. The van der Waals surface area contributed by atoms with Crippen molar-refractivity contribution in [1.82, 2.24) is 24.6 Å². The fourth-order valence-electron chi connectivity index (χ4n) is 5.92. The summed E-state index contributed by atoms with van der Waals surface area (Å²) in [5.41, 5.74) is 8.74. The summed E-state index contributed by atoms with van der Waals surface area (Å²) >= 11 is 0. The highest BCUT2D eigenvalue weighted by atomic mass is 31.2. The average molecular weight is 576 g/mol. The summed E-state index contributed by atoms with van der Waals surface area (Å²) in [7, 11) is -4.29. The van der Waals surface area contributed by atoms with Crippen LogP contribution in [-0.4, -0.2) is 65.2 Å². The fraction of sp³-hybridized carbons (Fsp3) is 0.520. The van der Waals surface area contributed by atoms with Gasteiger partial charge in [-0.25, -0.2) is 9.55 Å². The zero-order chi connectivity index (χ0) is 29.2. The van der Waals surface area contributed by atoms with E-state index in [2.05, 4.69) is 20.0 Å². The molecule has 216 valence electrons. The summed E-state index contributed by atoms with van der Waals surface area (Å²) in [6.07, 6.45) is -0.0239. The maximum absolute atomic E-state index is 14.1. The van der Waals surface area contributed by atoms with Crippen LogP contribution in [0, 0.1) is 11.8 Å². The van der Waals surface area contributed by atoms with Crippen molar-refractivity contribution in [3.63, 3.8) is 0 Å². The van der Waals surface area contributed by atoms with E-state index in [0.717, 1.165) is 0 Å². The number of nitrogens with two attached hydrogens (primary N) is 2. The van der Waals surface area contributed by atoms with Crippen molar-refractivity contribution in [1.29, 1.82) is 0 Å². The Morgan fingerprint density at radius 3 is 2.45 bits per heavy atom. The highest BCUT2D eigenvalue weighted by Crippen LogP contribution is 2.71. The van der Waals surface area contributed by atoms with Gasteiger partial charge < -0.3 is 35.5 Å². The van der Waals surface area contributed by atoms with Crippen molar-refractivity contribution in [3.8, 4) is 5.75 Å². The molecule has 40 heavy (non-hydrogen) atoms. The quantitative estimate of drug-likeness (QED) is 0.182. The van der Waals surface area contributed by atoms with Gasteiger partial charge in [-0.15, -0.1) is 0 Å². The van der Waals surface area contributed by atoms with E-state index in [1.807, 2.05) is 6.92 Å². The van der Waals surface area contributed by atoms with Gasteiger partial charge in [-0.3, -0.25) is 9.32 Å². The normalized spacial score (nSPS) is 31.5. The monoisotopic (exact) mass is 575 g/mol. The van der Waals surface area contributed by atoms with Crippen molar-refractivity contribution in [3.05, 3.63) is 36.7 Å². The van der Waals surface area contributed by atoms with E-state index in [0.29, 0.717) is 11.2 Å². The second kappa shape index (κ2) is 9.67. The van der Waals surface area contributed by atoms with Crippen LogP contribution in [0.4, 0.5) is 11.8 Å². The Bertz CT molecular complexity index is 1480. The van der Waals surface area contributed by atoms with Crippen LogP contribution in [0.25, 0.3) is 11.2 Å². The molecule has 3 aromatic rings. The predicted octanol–water partition coefficient (Wildman–Crippen LogP) is 1.80. The van der Waals surface area contributed by atoms with Gasteiger partial charge in [0.2, 0.25) is 5.95 Å². The molecule has 2 heterocycles. The van der Waals surface area contributed by atoms with Gasteiger partial charge in [0.25, 0.3) is 0 Å². The van der Waals surface area contributed by atoms with Crippen LogP contribution in [0.3, 0.4) is 0 Å². The van der Waals surface area contributed by atoms with Crippen LogP contribution in [-0.2, 0) is 18.6 Å². The lowest BCUT2D eigenvalue weighted by atomic mass is 9.87. The van der Waals surface area contributed by atoms with Gasteiger partial charge in [0.1, 0.15) is 34.6 Å². The Balaban J connectivity index is 1.44. The minimum absolute atomic E-state index is 0.0580. The number of hydrogen-bond donors (Lipinski definition) is 5. The summed E-state index contributed by atoms with van der Waals surface area (Å²) < 4.78 is 32.6. The fourth-order valence-corrected chi connectivity index (χ4v) is 7.64. The first-order valence-corrected chi connectivity index (χ1v) is 14.5. The average Bonchev–Trinajstić information content (AvgIpc) is 3.15. The van der Waals surface area contributed by atoms with Crippen molar-refractivity contribution >= 4 is 36.6 Å². The number of imidazole rings is 1. The third-order valence-electron chi connectivity index (χ3n) is 7.65. The lowest BCUT2D eigenvalue weighted by Gasteiger charge is -2.37. The first-order valence-electron chi connectivity index (χ1n) is 12.9. The zero-order valence-corrected chi connectivity index (χ0v) is 23.6. The van der Waals surface area contributed by atoms with E-state index in [9.17, 15) is 19.6 Å². The predicted molar refractivity (Wildman–Crippen MR) is 145 cm³/mol. The number of hydrogen-bond acceptors (Lipinski definition) is 12. The summed E-state index contributed by atoms with van der Waals surface area (Å²) in [6, 6.07) is 6.50. The maximum Gasteiger partial charge on any atom is 0.459 e. The molecular formula is C25H34N7O7P. The lowest BCUT2D eigenvalue weighted by molar-refractivity contribution is -0.149. The second-order valence-corrected chi connectivity index (χ2v) is 12.5. The molecule has 2 aromatic heterocycles. The number of nitrogen functional groups attached to an aromatic ring is 2. The van der Waals surface area contributed by atoms with Crippen molar-refractivity contribution < 1.29 is 33.4 Å². The van der Waals surface area contributed by atoms with Crippen molar-refractivity contribution in [2.75, 3.05) is 11.5 Å². The smallest absolute Gasteiger partial charge is 0.459 e. The molecule has 2 aliphatic carbocycles. The van der Waals surface area contributed by atoms with Gasteiger partial charge in [-0.2, -0.15) is 15.1 Å². The largest absolute Gasteiger partial charge is 0.462 e. The van der Waals surface area contributed by atoms with Crippen LogP contribution >= 0.6 is 7.75 Å². The van der Waals surface area contributed by atoms with Gasteiger partial charge in [-0.1, -0.05) is 25.1 Å². The van der Waals surface area contributed by atoms with Gasteiger partial charge in [0.05, 0.1) is 18.5 Å². The summed E-state index contributed by atoms with van der Waals surface area (Å²) in [5, 5.41) is 26.2. The molecule has 1 unspecified atom stereocenters. The molecule has 15 heteroatoms. The van der Waals surface area contributed by atoms with E-state index in [1.165, 1.54) is 20.2 Å². The second-order valence-electron chi connectivity index (χ2n) is 10.9. The standard InChI is InChI=1S/C25H34N7O7P/c1-12(2)37-22(33)14(4)31-40(36,38-15-9-7-6-8-10-15)39-19-16-13(3)18(24(5,34)25(16,19)35)32-11-28-17-20(26)29-23(27)30-21(17)32/h6-14,16,18-19,34-35H,1-5H3,(H,31,36)(H4,26,27,29,30)/t13-,14-,16+,18+,19?,24-,25-,40+/m0/s1. The van der Waals surface area contributed by atoms with Crippen LogP contribution in [0.1, 0.15) is 40.7 Å². The number of ether oxygens (including phenoxy) is 1. The molecular weight excluding hydrogens is 541 g/mol. The van der Waals surface area contributed by atoms with E-state index in [1.54, 1.807) is 48.7 Å². The number of benzene rings is 1. The topological polar surface area (TPSA) is 210 Å². The number of aliphatic hydroxyl groups is 2. The Hall–Kier alpha value is -3.29. The summed E-state index contributed by atoms with van der Waals surface area (Å²) in [6.45, 7) is 8.15. The molecule has 2 aliphatic rings. The molecule has 0 aliphatic heterocycles. The molecule has 0 amide bonds. The molecule has 0 spiro atoms. The number of para-hydroxylation sites is 1. The van der Waals surface area contributed by atoms with Gasteiger partial charge in [-0.05, 0) is 45.7 Å². The minimum Gasteiger partial charge on any atom is -0.462 e. The Morgan fingerprint density at radius 1 is 1.18 bits per heavy atom. The summed E-state index contributed by atoms with van der Waals surface area (Å²) in [4.78, 5) is 24.9. The number of carbonyl (C=O) groups is 1. The van der Waals surface area contributed by atoms with Gasteiger partial charge >= 0.3 is 13.7 Å². The van der Waals surface area contributed by atoms with Crippen molar-refractivity contribution in [2.24, 2.45) is 11.8 Å². The number of carbonyl (C=O) groups excluding carboxylic acids is 1. The molecule has 2 saturated carbocycles. The molecule has 2 fully saturated rings. The van der Waals surface area contributed by atoms with E-state index in [-0.39, 0.29) is 17.5 Å². The molecule has 7 N–H and O–H groups in total. The third kappa shape index (κ3) is 4.49. The van der Waals surface area contributed by atoms with Crippen LogP contribution < -0.4 is 21.1 Å². The van der Waals surface area contributed by atoms with E-state index >= 15 is 0 Å². The molecule has 0 saturated heterocycles. The maximum atomic E-state index is 14.1. The molecule has 0 bridgehead atoms. The number of nitrogens with zero attached hydrogens (tertiary/aromatic N) is 4. The highest BCUT2D eigenvalue weighted by Gasteiger charge is 2.84. The Kier molecular flexibility index (Phi) is 6.83. The Morgan fingerprint density at radius 2 is 1.85 bits per heavy atom. The molecule has 1 aromatic carbocycles. The van der Waals surface area contributed by atoms with Crippen LogP contribution in [0.2, 0.25) is 0 Å². The Labute approximate surface area is 230 Å². The first-order chi connectivity index (χ1) is 18.7. The number of aromatic nitrogens is 4. The highest BCUT2D eigenvalue weighted by molar-refractivity contribution is 7.52. The van der Waals surface area contributed by atoms with Crippen LogP contribution in [0.5, 0.6) is 5.75 Å². The number of nitrogens with one attached hydrogen (secondary N) is 1. The minimum atomic E-state index is -4.29. The van der Waals surface area contributed by atoms with Crippen molar-refractivity contribution in [2.45, 2.75) is 70.1 Å². The molecule has 8 atom stereocenters. The first kappa shape index (κ1) is 28.2. The van der Waals surface area contributed by atoms with E-state index < -0.39 is 61.0 Å². The third-order valence-corrected chi connectivity index (χ3v) is 9.31. The van der Waals surface area contributed by atoms with Gasteiger partial charge in [0, 0.05) is 5.92 Å². The molecule has 5 rings (SSSR count). The number of esters is 1. The van der Waals surface area contributed by atoms with Crippen LogP contribution in [0.15, 0.2) is 36.7 Å².